The molecule has 1 saturated heterocycles. The summed E-state index contributed by atoms with van der Waals surface area (Å²) in [7, 11) is 0. The first-order valence-electron chi connectivity index (χ1n) is 9.08. The number of rotatable bonds is 5. The molecule has 24 heavy (non-hydrogen) atoms. The lowest BCUT2D eigenvalue weighted by Gasteiger charge is -2.34. The van der Waals surface area contributed by atoms with Crippen LogP contribution in [0.2, 0.25) is 0 Å². The van der Waals surface area contributed by atoms with Gasteiger partial charge in [-0.25, -0.2) is 0 Å². The first kappa shape index (κ1) is 17.0. The summed E-state index contributed by atoms with van der Waals surface area (Å²) in [5.74, 6) is 0.459. The summed E-state index contributed by atoms with van der Waals surface area (Å²) in [6.07, 6.45) is 8.48. The molecule has 1 saturated carbocycles. The molecule has 1 aliphatic carbocycles. The van der Waals surface area contributed by atoms with E-state index in [0.717, 1.165) is 6.54 Å². The van der Waals surface area contributed by atoms with Gasteiger partial charge in [0.15, 0.2) is 5.76 Å². The Balaban J connectivity index is 1.36. The normalized spacial score (nSPS) is 19.5. The van der Waals surface area contributed by atoms with Crippen LogP contribution < -0.4 is 5.32 Å². The molecule has 6 nitrogen and oxygen atoms in total. The second-order valence-corrected chi connectivity index (χ2v) is 6.69. The van der Waals surface area contributed by atoms with Crippen LogP contribution in [-0.2, 0) is 4.79 Å². The van der Waals surface area contributed by atoms with Crippen molar-refractivity contribution in [1.29, 1.82) is 0 Å². The van der Waals surface area contributed by atoms with Gasteiger partial charge in [-0.3, -0.25) is 9.59 Å². The van der Waals surface area contributed by atoms with E-state index in [-0.39, 0.29) is 11.8 Å². The fourth-order valence-electron chi connectivity index (χ4n) is 3.56. The number of nitrogens with one attached hydrogen (secondary N) is 1. The molecule has 3 rings (SSSR count). The second-order valence-electron chi connectivity index (χ2n) is 6.69. The van der Waals surface area contributed by atoms with Crippen LogP contribution in [0.1, 0.15) is 49.1 Å². The SMILES string of the molecule is O=C(CCNC1CCCCC1)N1CCN(C(=O)c2ccco2)CC1. The third-order valence-corrected chi connectivity index (χ3v) is 5.03. The molecular weight excluding hydrogens is 306 g/mol. The van der Waals surface area contributed by atoms with Gasteiger partial charge in [0.1, 0.15) is 0 Å². The molecule has 6 heteroatoms. The molecule has 0 bridgehead atoms. The highest BCUT2D eigenvalue weighted by Crippen LogP contribution is 2.17. The molecule has 1 aromatic rings. The molecule has 132 valence electrons. The van der Waals surface area contributed by atoms with Crippen molar-refractivity contribution >= 4 is 11.8 Å². The van der Waals surface area contributed by atoms with Crippen molar-refractivity contribution in [1.82, 2.24) is 15.1 Å². The van der Waals surface area contributed by atoms with E-state index < -0.39 is 0 Å². The Kier molecular flexibility index (Phi) is 5.91. The lowest BCUT2D eigenvalue weighted by atomic mass is 9.95. The summed E-state index contributed by atoms with van der Waals surface area (Å²) in [6, 6.07) is 3.98. The lowest BCUT2D eigenvalue weighted by molar-refractivity contribution is -0.132. The summed E-state index contributed by atoms with van der Waals surface area (Å²) in [5.41, 5.74) is 0. The zero-order chi connectivity index (χ0) is 16.8. The minimum atomic E-state index is -0.0916. The van der Waals surface area contributed by atoms with Gasteiger partial charge >= 0.3 is 0 Å². The van der Waals surface area contributed by atoms with Gasteiger partial charge in [-0.15, -0.1) is 0 Å². The predicted molar refractivity (Wildman–Crippen MR) is 90.7 cm³/mol. The molecule has 0 aromatic carbocycles. The summed E-state index contributed by atoms with van der Waals surface area (Å²) in [6.45, 7) is 3.11. The third kappa shape index (κ3) is 4.38. The van der Waals surface area contributed by atoms with Gasteiger partial charge in [0.2, 0.25) is 5.91 Å². The van der Waals surface area contributed by atoms with Crippen LogP contribution in [0.5, 0.6) is 0 Å². The molecule has 1 N–H and O–H groups in total. The molecule has 1 aromatic heterocycles. The van der Waals surface area contributed by atoms with Crippen molar-refractivity contribution in [2.45, 2.75) is 44.6 Å². The molecule has 0 spiro atoms. The molecule has 0 radical (unpaired) electrons. The maximum atomic E-state index is 12.3. The van der Waals surface area contributed by atoms with Crippen molar-refractivity contribution in [3.05, 3.63) is 24.2 Å². The number of furan rings is 1. The number of carbonyl (C=O) groups is 2. The average Bonchev–Trinajstić information content (AvgIpc) is 3.17. The van der Waals surface area contributed by atoms with Gasteiger partial charge in [-0.2, -0.15) is 0 Å². The fourth-order valence-corrected chi connectivity index (χ4v) is 3.56. The lowest BCUT2D eigenvalue weighted by Crippen LogP contribution is -2.51. The first-order chi connectivity index (χ1) is 11.7. The maximum absolute atomic E-state index is 12.3. The summed E-state index contributed by atoms with van der Waals surface area (Å²) >= 11 is 0. The van der Waals surface area contributed by atoms with Crippen molar-refractivity contribution < 1.29 is 14.0 Å². The van der Waals surface area contributed by atoms with Crippen molar-refractivity contribution in [2.24, 2.45) is 0 Å². The average molecular weight is 333 g/mol. The van der Waals surface area contributed by atoms with E-state index in [1.165, 1.54) is 38.4 Å². The van der Waals surface area contributed by atoms with Gasteiger partial charge < -0.3 is 19.5 Å². The minimum Gasteiger partial charge on any atom is -0.459 e. The highest BCUT2D eigenvalue weighted by atomic mass is 16.3. The number of hydrogen-bond acceptors (Lipinski definition) is 4. The zero-order valence-corrected chi connectivity index (χ0v) is 14.2. The monoisotopic (exact) mass is 333 g/mol. The van der Waals surface area contributed by atoms with Crippen LogP contribution in [-0.4, -0.2) is 60.4 Å². The summed E-state index contributed by atoms with van der Waals surface area (Å²) in [4.78, 5) is 28.1. The maximum Gasteiger partial charge on any atom is 0.289 e. The predicted octanol–water partition coefficient (Wildman–Crippen LogP) is 1.88. The van der Waals surface area contributed by atoms with Crippen LogP contribution in [0, 0.1) is 0 Å². The molecule has 0 atom stereocenters. The van der Waals surface area contributed by atoms with Gasteiger partial charge in [0, 0.05) is 45.2 Å². The molecule has 2 amide bonds. The molecule has 2 aliphatic rings. The van der Waals surface area contributed by atoms with Crippen LogP contribution in [0.25, 0.3) is 0 Å². The Hall–Kier alpha value is -1.82. The molecule has 0 unspecified atom stereocenters. The standard InChI is InChI=1S/C18H27N3O3/c22-17(8-9-19-15-5-2-1-3-6-15)20-10-12-21(13-11-20)18(23)16-7-4-14-24-16/h4,7,14-15,19H,1-3,5-6,8-13H2. The zero-order valence-electron chi connectivity index (χ0n) is 14.2. The number of piperazine rings is 1. The van der Waals surface area contributed by atoms with E-state index in [1.807, 2.05) is 4.90 Å². The van der Waals surface area contributed by atoms with Gasteiger partial charge in [-0.1, -0.05) is 19.3 Å². The topological polar surface area (TPSA) is 65.8 Å². The number of amides is 2. The molecular formula is C18H27N3O3. The highest BCUT2D eigenvalue weighted by Gasteiger charge is 2.25. The van der Waals surface area contributed by atoms with E-state index in [2.05, 4.69) is 5.32 Å². The Morgan fingerprint density at radius 3 is 2.46 bits per heavy atom. The van der Waals surface area contributed by atoms with Crippen molar-refractivity contribution in [3.8, 4) is 0 Å². The van der Waals surface area contributed by atoms with E-state index in [4.69, 9.17) is 4.42 Å². The minimum absolute atomic E-state index is 0.0916. The quantitative estimate of drug-likeness (QED) is 0.893. The van der Waals surface area contributed by atoms with Crippen LogP contribution in [0.3, 0.4) is 0 Å². The number of carbonyl (C=O) groups excluding carboxylic acids is 2. The van der Waals surface area contributed by atoms with E-state index in [9.17, 15) is 9.59 Å². The van der Waals surface area contributed by atoms with E-state index in [1.54, 1.807) is 17.0 Å². The first-order valence-corrected chi connectivity index (χ1v) is 9.08. The highest BCUT2D eigenvalue weighted by molar-refractivity contribution is 5.91. The Bertz CT molecular complexity index is 530. The number of nitrogens with zero attached hydrogens (tertiary/aromatic N) is 2. The Morgan fingerprint density at radius 1 is 1.08 bits per heavy atom. The van der Waals surface area contributed by atoms with Crippen LogP contribution in [0.4, 0.5) is 0 Å². The molecule has 1 aliphatic heterocycles. The molecule has 2 fully saturated rings. The fraction of sp³-hybridized carbons (Fsp3) is 0.667. The van der Waals surface area contributed by atoms with Gasteiger partial charge in [0.05, 0.1) is 6.26 Å². The Morgan fingerprint density at radius 2 is 1.79 bits per heavy atom. The van der Waals surface area contributed by atoms with Gasteiger partial charge in [-0.05, 0) is 25.0 Å². The van der Waals surface area contributed by atoms with Crippen molar-refractivity contribution in [3.63, 3.8) is 0 Å². The van der Waals surface area contributed by atoms with E-state index >= 15 is 0 Å². The summed E-state index contributed by atoms with van der Waals surface area (Å²) < 4.78 is 5.15. The van der Waals surface area contributed by atoms with E-state index in [0.29, 0.717) is 44.4 Å². The Labute approximate surface area is 143 Å². The third-order valence-electron chi connectivity index (χ3n) is 5.03. The largest absolute Gasteiger partial charge is 0.459 e. The summed E-state index contributed by atoms with van der Waals surface area (Å²) in [5, 5.41) is 3.51. The van der Waals surface area contributed by atoms with Crippen LogP contribution >= 0.6 is 0 Å². The van der Waals surface area contributed by atoms with Crippen LogP contribution in [0.15, 0.2) is 22.8 Å². The smallest absolute Gasteiger partial charge is 0.289 e. The second kappa shape index (κ2) is 8.33. The van der Waals surface area contributed by atoms with Gasteiger partial charge in [0.25, 0.3) is 5.91 Å². The molecule has 2 heterocycles. The van der Waals surface area contributed by atoms with Crippen molar-refractivity contribution in [2.75, 3.05) is 32.7 Å². The number of hydrogen-bond donors (Lipinski definition) is 1.